The first-order valence-corrected chi connectivity index (χ1v) is 5.38. The Morgan fingerprint density at radius 1 is 1.47 bits per heavy atom. The molecule has 15 heavy (non-hydrogen) atoms. The van der Waals surface area contributed by atoms with Crippen LogP contribution in [-0.2, 0) is 0 Å². The van der Waals surface area contributed by atoms with E-state index in [1.54, 1.807) is 0 Å². The predicted octanol–water partition coefficient (Wildman–Crippen LogP) is 0.510. The third-order valence-electron chi connectivity index (χ3n) is 2.86. The maximum absolute atomic E-state index is 11.4. The van der Waals surface area contributed by atoms with Crippen LogP contribution in [0.2, 0.25) is 0 Å². The Labute approximate surface area is 87.8 Å². The van der Waals surface area contributed by atoms with Gasteiger partial charge in [0.05, 0.1) is 0 Å². The van der Waals surface area contributed by atoms with Gasteiger partial charge in [-0.3, -0.25) is 4.79 Å². The molecule has 1 fully saturated rings. The Hall–Kier alpha value is -1.46. The first-order chi connectivity index (χ1) is 7.36. The molecule has 2 N–H and O–H groups in total. The number of tetrazole rings is 1. The number of carbonyl (C=O) groups is 1. The van der Waals surface area contributed by atoms with Gasteiger partial charge in [0.15, 0.2) is 0 Å². The van der Waals surface area contributed by atoms with Crippen molar-refractivity contribution in [3.8, 4) is 0 Å². The van der Waals surface area contributed by atoms with Gasteiger partial charge in [0.1, 0.15) is 0 Å². The van der Waals surface area contributed by atoms with Gasteiger partial charge in [-0.2, -0.15) is 5.21 Å². The van der Waals surface area contributed by atoms with E-state index in [0.29, 0.717) is 6.54 Å². The van der Waals surface area contributed by atoms with E-state index in [4.69, 9.17) is 0 Å². The summed E-state index contributed by atoms with van der Waals surface area (Å²) in [7, 11) is 0. The molecular formula is C9H15N5O. The number of nitrogens with one attached hydrogen (secondary N) is 2. The molecule has 0 radical (unpaired) electrons. The summed E-state index contributed by atoms with van der Waals surface area (Å²) >= 11 is 0. The molecule has 1 aliphatic rings. The van der Waals surface area contributed by atoms with Crippen molar-refractivity contribution in [3.63, 3.8) is 0 Å². The molecule has 6 nitrogen and oxygen atoms in total. The minimum absolute atomic E-state index is 0.112. The summed E-state index contributed by atoms with van der Waals surface area (Å²) in [5.41, 5.74) is 0. The lowest BCUT2D eigenvalue weighted by atomic mass is 10.0. The number of aromatic nitrogens is 4. The maximum atomic E-state index is 11.4. The molecule has 1 heterocycles. The highest BCUT2D eigenvalue weighted by molar-refractivity contribution is 5.89. The lowest BCUT2D eigenvalue weighted by Gasteiger charge is -2.08. The van der Waals surface area contributed by atoms with E-state index in [9.17, 15) is 4.79 Å². The normalized spacial score (nSPS) is 16.8. The van der Waals surface area contributed by atoms with Gasteiger partial charge in [0.25, 0.3) is 11.7 Å². The van der Waals surface area contributed by atoms with Gasteiger partial charge in [0, 0.05) is 6.54 Å². The van der Waals surface area contributed by atoms with E-state index >= 15 is 0 Å². The predicted molar refractivity (Wildman–Crippen MR) is 53.1 cm³/mol. The molecule has 6 heteroatoms. The van der Waals surface area contributed by atoms with Crippen LogP contribution in [0.1, 0.15) is 42.7 Å². The Morgan fingerprint density at radius 3 is 2.93 bits per heavy atom. The molecule has 0 saturated heterocycles. The zero-order chi connectivity index (χ0) is 10.5. The second kappa shape index (κ2) is 4.86. The highest BCUT2D eigenvalue weighted by Crippen LogP contribution is 2.26. The van der Waals surface area contributed by atoms with Crippen molar-refractivity contribution in [3.05, 3.63) is 5.82 Å². The van der Waals surface area contributed by atoms with Crippen molar-refractivity contribution in [1.29, 1.82) is 0 Å². The molecule has 1 aromatic heterocycles. The smallest absolute Gasteiger partial charge is 0.292 e. The first-order valence-electron chi connectivity index (χ1n) is 5.38. The van der Waals surface area contributed by atoms with Crippen LogP contribution in [0.3, 0.4) is 0 Å². The van der Waals surface area contributed by atoms with E-state index in [1.807, 2.05) is 0 Å². The number of aromatic amines is 1. The number of nitrogens with zero attached hydrogens (tertiary/aromatic N) is 3. The summed E-state index contributed by atoms with van der Waals surface area (Å²) in [5, 5.41) is 15.6. The molecule has 0 atom stereocenters. The van der Waals surface area contributed by atoms with Crippen molar-refractivity contribution in [2.75, 3.05) is 6.54 Å². The zero-order valence-corrected chi connectivity index (χ0v) is 8.57. The van der Waals surface area contributed by atoms with Crippen LogP contribution in [0.4, 0.5) is 0 Å². The second-order valence-electron chi connectivity index (χ2n) is 3.93. The fourth-order valence-electron chi connectivity index (χ4n) is 2.03. The van der Waals surface area contributed by atoms with E-state index < -0.39 is 0 Å². The molecule has 0 bridgehead atoms. The number of amides is 1. The number of carbonyl (C=O) groups excluding carboxylic acids is 1. The highest BCUT2D eigenvalue weighted by Gasteiger charge is 2.15. The fourth-order valence-corrected chi connectivity index (χ4v) is 2.03. The van der Waals surface area contributed by atoms with Crippen LogP contribution < -0.4 is 5.32 Å². The van der Waals surface area contributed by atoms with Crippen molar-refractivity contribution >= 4 is 5.91 Å². The molecule has 1 aliphatic carbocycles. The number of rotatable bonds is 4. The largest absolute Gasteiger partial charge is 0.349 e. The van der Waals surface area contributed by atoms with Gasteiger partial charge in [-0.05, 0) is 17.6 Å². The van der Waals surface area contributed by atoms with Crippen molar-refractivity contribution in [2.24, 2.45) is 5.92 Å². The minimum Gasteiger partial charge on any atom is -0.349 e. The topological polar surface area (TPSA) is 83.6 Å². The van der Waals surface area contributed by atoms with Gasteiger partial charge in [-0.1, -0.05) is 25.7 Å². The third-order valence-corrected chi connectivity index (χ3v) is 2.86. The summed E-state index contributed by atoms with van der Waals surface area (Å²) in [6, 6.07) is 0. The van der Waals surface area contributed by atoms with Crippen LogP contribution in [0.25, 0.3) is 0 Å². The molecule has 2 rings (SSSR count). The van der Waals surface area contributed by atoms with E-state index in [2.05, 4.69) is 25.9 Å². The van der Waals surface area contributed by atoms with Gasteiger partial charge in [-0.25, -0.2) is 0 Å². The van der Waals surface area contributed by atoms with Crippen molar-refractivity contribution < 1.29 is 4.79 Å². The van der Waals surface area contributed by atoms with E-state index in [0.717, 1.165) is 12.3 Å². The second-order valence-corrected chi connectivity index (χ2v) is 3.93. The van der Waals surface area contributed by atoms with Gasteiger partial charge >= 0.3 is 0 Å². The molecule has 0 spiro atoms. The fraction of sp³-hybridized carbons (Fsp3) is 0.778. The standard InChI is InChI=1S/C9H15N5O/c15-9(8-11-13-14-12-8)10-6-5-7-3-1-2-4-7/h7H,1-6H2,(H,10,15)(H,11,12,13,14). The average Bonchev–Trinajstić information content (AvgIpc) is 2.90. The minimum atomic E-state index is -0.248. The Balaban J connectivity index is 1.67. The van der Waals surface area contributed by atoms with Gasteiger partial charge in [-0.15, -0.1) is 10.2 Å². The monoisotopic (exact) mass is 209 g/mol. The van der Waals surface area contributed by atoms with Gasteiger partial charge < -0.3 is 5.32 Å². The van der Waals surface area contributed by atoms with E-state index in [1.165, 1.54) is 25.7 Å². The number of H-pyrrole nitrogens is 1. The molecular weight excluding hydrogens is 194 g/mol. The summed E-state index contributed by atoms with van der Waals surface area (Å²) < 4.78 is 0. The Bertz CT molecular complexity index is 304. The molecule has 82 valence electrons. The van der Waals surface area contributed by atoms with Crippen LogP contribution in [0, 0.1) is 5.92 Å². The molecule has 0 aliphatic heterocycles. The Kier molecular flexibility index (Phi) is 3.26. The van der Waals surface area contributed by atoms with Crippen molar-refractivity contribution in [1.82, 2.24) is 25.9 Å². The van der Waals surface area contributed by atoms with Crippen molar-refractivity contribution in [2.45, 2.75) is 32.1 Å². The van der Waals surface area contributed by atoms with Crippen LogP contribution in [-0.4, -0.2) is 33.1 Å². The molecule has 1 aromatic rings. The highest BCUT2D eigenvalue weighted by atomic mass is 16.2. The summed E-state index contributed by atoms with van der Waals surface area (Å²) in [6.07, 6.45) is 6.34. The quantitative estimate of drug-likeness (QED) is 0.756. The van der Waals surface area contributed by atoms with Crippen LogP contribution in [0.5, 0.6) is 0 Å². The number of hydrogen-bond acceptors (Lipinski definition) is 4. The Morgan fingerprint density at radius 2 is 2.27 bits per heavy atom. The maximum Gasteiger partial charge on any atom is 0.292 e. The number of hydrogen-bond donors (Lipinski definition) is 2. The average molecular weight is 209 g/mol. The summed E-state index contributed by atoms with van der Waals surface area (Å²) in [6.45, 7) is 0.706. The SMILES string of the molecule is O=C(NCCC1CCCC1)c1nn[nH]n1. The lowest BCUT2D eigenvalue weighted by Crippen LogP contribution is -2.26. The molecule has 0 unspecified atom stereocenters. The summed E-state index contributed by atoms with van der Waals surface area (Å²) in [5.74, 6) is 0.652. The molecule has 0 aromatic carbocycles. The molecule has 1 saturated carbocycles. The lowest BCUT2D eigenvalue weighted by molar-refractivity contribution is 0.0941. The van der Waals surface area contributed by atoms with Gasteiger partial charge in [0.2, 0.25) is 0 Å². The summed E-state index contributed by atoms with van der Waals surface area (Å²) in [4.78, 5) is 11.4. The first kappa shape index (κ1) is 10.1. The zero-order valence-electron chi connectivity index (χ0n) is 8.57. The van der Waals surface area contributed by atoms with Crippen LogP contribution in [0.15, 0.2) is 0 Å². The van der Waals surface area contributed by atoms with E-state index in [-0.39, 0.29) is 11.7 Å². The third kappa shape index (κ3) is 2.74. The van der Waals surface area contributed by atoms with Crippen LogP contribution >= 0.6 is 0 Å². The molecule has 1 amide bonds.